The van der Waals surface area contributed by atoms with E-state index in [0.29, 0.717) is 28.3 Å². The van der Waals surface area contributed by atoms with Crippen LogP contribution in [0.25, 0.3) is 6.08 Å². The fourth-order valence-electron chi connectivity index (χ4n) is 3.29. The Hall–Kier alpha value is -3.26. The molecule has 170 valence electrons. The topological polar surface area (TPSA) is 80.9 Å². The van der Waals surface area contributed by atoms with E-state index >= 15 is 0 Å². The van der Waals surface area contributed by atoms with Gasteiger partial charge in [-0.1, -0.05) is 18.2 Å². The molecule has 32 heavy (non-hydrogen) atoms. The summed E-state index contributed by atoms with van der Waals surface area (Å²) in [6.45, 7) is 2.01. The Kier molecular flexibility index (Phi) is 7.94. The summed E-state index contributed by atoms with van der Waals surface area (Å²) in [5.41, 5.74) is 2.78. The zero-order chi connectivity index (χ0) is 23.1. The molecular formula is C24H29N3O4S. The van der Waals surface area contributed by atoms with E-state index in [1.165, 1.54) is 6.08 Å². The number of ether oxygens (including phenoxy) is 3. The maximum atomic E-state index is 12.6. The SMILES string of the molecule is COc1cc(C=CC(=O)NC(NC(=S)Nc2ccccc2C)C2CC2)cc(OC)c1OC. The van der Waals surface area contributed by atoms with E-state index in [9.17, 15) is 4.79 Å². The van der Waals surface area contributed by atoms with E-state index < -0.39 is 0 Å². The van der Waals surface area contributed by atoms with Gasteiger partial charge in [0.15, 0.2) is 16.6 Å². The third-order valence-corrected chi connectivity index (χ3v) is 5.41. The van der Waals surface area contributed by atoms with Gasteiger partial charge in [0.1, 0.15) is 6.17 Å². The molecule has 0 aliphatic heterocycles. The van der Waals surface area contributed by atoms with Crippen molar-refractivity contribution >= 4 is 35.0 Å². The fourth-order valence-corrected chi connectivity index (χ4v) is 3.52. The molecule has 8 heteroatoms. The molecule has 1 aliphatic carbocycles. The molecule has 0 heterocycles. The van der Waals surface area contributed by atoms with Crippen molar-refractivity contribution in [3.8, 4) is 17.2 Å². The normalized spacial score (nSPS) is 13.9. The number of amides is 1. The predicted molar refractivity (Wildman–Crippen MR) is 130 cm³/mol. The van der Waals surface area contributed by atoms with Crippen LogP contribution in [0, 0.1) is 12.8 Å². The van der Waals surface area contributed by atoms with E-state index in [0.717, 1.165) is 29.7 Å². The molecule has 1 saturated carbocycles. The highest BCUT2D eigenvalue weighted by atomic mass is 32.1. The van der Waals surface area contributed by atoms with Crippen molar-refractivity contribution in [2.24, 2.45) is 5.92 Å². The number of anilines is 1. The van der Waals surface area contributed by atoms with E-state index in [4.69, 9.17) is 26.4 Å². The van der Waals surface area contributed by atoms with Crippen LogP contribution in [0.2, 0.25) is 0 Å². The molecule has 1 atom stereocenters. The summed E-state index contributed by atoms with van der Waals surface area (Å²) in [5, 5.41) is 9.92. The van der Waals surface area contributed by atoms with E-state index in [-0.39, 0.29) is 12.1 Å². The summed E-state index contributed by atoms with van der Waals surface area (Å²) < 4.78 is 16.1. The van der Waals surface area contributed by atoms with E-state index in [1.807, 2.05) is 31.2 Å². The lowest BCUT2D eigenvalue weighted by Gasteiger charge is -2.22. The van der Waals surface area contributed by atoms with Crippen LogP contribution in [0.4, 0.5) is 5.69 Å². The second-order valence-corrected chi connectivity index (χ2v) is 7.94. The fraction of sp³-hybridized carbons (Fsp3) is 0.333. The average Bonchev–Trinajstić information content (AvgIpc) is 3.63. The van der Waals surface area contributed by atoms with Crippen LogP contribution in [-0.2, 0) is 4.79 Å². The molecule has 1 aliphatic rings. The summed E-state index contributed by atoms with van der Waals surface area (Å²) in [5.74, 6) is 1.69. The first-order chi connectivity index (χ1) is 15.4. The minimum atomic E-state index is -0.240. The number of benzene rings is 2. The van der Waals surface area contributed by atoms with Crippen molar-refractivity contribution in [2.75, 3.05) is 26.6 Å². The van der Waals surface area contributed by atoms with Crippen LogP contribution in [-0.4, -0.2) is 38.5 Å². The second-order valence-electron chi connectivity index (χ2n) is 7.53. The highest BCUT2D eigenvalue weighted by Crippen LogP contribution is 2.38. The first-order valence-electron chi connectivity index (χ1n) is 10.4. The molecule has 2 aromatic rings. The maximum Gasteiger partial charge on any atom is 0.245 e. The van der Waals surface area contributed by atoms with Crippen LogP contribution in [0.5, 0.6) is 17.2 Å². The zero-order valence-corrected chi connectivity index (χ0v) is 19.5. The molecule has 0 bridgehead atoms. The molecule has 0 saturated heterocycles. The minimum absolute atomic E-state index is 0.221. The number of rotatable bonds is 9. The van der Waals surface area contributed by atoms with Gasteiger partial charge in [0.2, 0.25) is 11.7 Å². The standard InChI is InChI=1S/C24H29N3O4S/c1-15-7-5-6-8-18(15)25-24(32)27-23(17-10-11-17)26-21(28)12-9-16-13-19(29-2)22(31-4)20(14-16)30-3/h5-9,12-14,17,23H,10-11H2,1-4H3,(H,26,28)(H2,25,27,32). The molecule has 1 fully saturated rings. The number of methoxy groups -OCH3 is 3. The third-order valence-electron chi connectivity index (χ3n) is 5.19. The maximum absolute atomic E-state index is 12.6. The first-order valence-corrected chi connectivity index (χ1v) is 10.8. The Morgan fingerprint density at radius 2 is 1.72 bits per heavy atom. The van der Waals surface area contributed by atoms with Gasteiger partial charge in [-0.2, -0.15) is 0 Å². The van der Waals surface area contributed by atoms with Crippen molar-refractivity contribution in [3.63, 3.8) is 0 Å². The van der Waals surface area contributed by atoms with Crippen LogP contribution < -0.4 is 30.2 Å². The smallest absolute Gasteiger partial charge is 0.245 e. The number of para-hydroxylation sites is 1. The number of hydrogen-bond acceptors (Lipinski definition) is 5. The number of hydrogen-bond donors (Lipinski definition) is 3. The van der Waals surface area contributed by atoms with Gasteiger partial charge in [0.05, 0.1) is 21.3 Å². The molecule has 1 unspecified atom stereocenters. The molecule has 3 rings (SSSR count). The summed E-state index contributed by atoms with van der Waals surface area (Å²) in [6.07, 6.45) is 5.03. The molecule has 0 aromatic heterocycles. The second kappa shape index (κ2) is 10.9. The Balaban J connectivity index is 1.63. The zero-order valence-electron chi connectivity index (χ0n) is 18.7. The summed E-state index contributed by atoms with van der Waals surface area (Å²) >= 11 is 5.46. The van der Waals surface area contributed by atoms with Crippen LogP contribution in [0.3, 0.4) is 0 Å². The molecule has 1 amide bonds. The Labute approximate surface area is 194 Å². The Morgan fingerprint density at radius 1 is 1.06 bits per heavy atom. The molecule has 7 nitrogen and oxygen atoms in total. The molecule has 3 N–H and O–H groups in total. The van der Waals surface area contributed by atoms with Gasteiger partial charge in [-0.15, -0.1) is 0 Å². The van der Waals surface area contributed by atoms with Crippen molar-refractivity contribution in [1.29, 1.82) is 0 Å². The molecule has 2 aromatic carbocycles. The first kappa shape index (κ1) is 23.4. The summed E-state index contributed by atoms with van der Waals surface area (Å²) in [4.78, 5) is 12.6. The van der Waals surface area contributed by atoms with Gasteiger partial charge in [-0.3, -0.25) is 4.79 Å². The number of thiocarbonyl (C=S) groups is 1. The predicted octanol–water partition coefficient (Wildman–Crippen LogP) is 3.87. The van der Waals surface area contributed by atoms with Crippen LogP contribution in [0.1, 0.15) is 24.0 Å². The lowest BCUT2D eigenvalue weighted by Crippen LogP contribution is -2.50. The number of aryl methyl sites for hydroxylation is 1. The highest BCUT2D eigenvalue weighted by molar-refractivity contribution is 7.80. The monoisotopic (exact) mass is 455 g/mol. The lowest BCUT2D eigenvalue weighted by molar-refractivity contribution is -0.117. The Bertz CT molecular complexity index is 979. The molecule has 0 radical (unpaired) electrons. The molecule has 0 spiro atoms. The highest BCUT2D eigenvalue weighted by Gasteiger charge is 2.32. The number of carbonyl (C=O) groups excluding carboxylic acids is 1. The van der Waals surface area contributed by atoms with Gasteiger partial charge in [0, 0.05) is 11.8 Å². The van der Waals surface area contributed by atoms with Crippen molar-refractivity contribution < 1.29 is 19.0 Å². The largest absolute Gasteiger partial charge is 0.493 e. The van der Waals surface area contributed by atoms with Crippen molar-refractivity contribution in [2.45, 2.75) is 25.9 Å². The average molecular weight is 456 g/mol. The van der Waals surface area contributed by atoms with Gasteiger partial charge in [-0.05, 0) is 73.3 Å². The van der Waals surface area contributed by atoms with Crippen molar-refractivity contribution in [1.82, 2.24) is 10.6 Å². The minimum Gasteiger partial charge on any atom is -0.493 e. The number of nitrogens with one attached hydrogen (secondary N) is 3. The van der Waals surface area contributed by atoms with Gasteiger partial charge in [-0.25, -0.2) is 0 Å². The van der Waals surface area contributed by atoms with E-state index in [1.54, 1.807) is 39.5 Å². The van der Waals surface area contributed by atoms with Crippen LogP contribution in [0.15, 0.2) is 42.5 Å². The van der Waals surface area contributed by atoms with Gasteiger partial charge in [0.25, 0.3) is 0 Å². The summed E-state index contributed by atoms with van der Waals surface area (Å²) in [7, 11) is 4.65. The lowest BCUT2D eigenvalue weighted by atomic mass is 10.1. The van der Waals surface area contributed by atoms with Gasteiger partial charge < -0.3 is 30.2 Å². The van der Waals surface area contributed by atoms with Gasteiger partial charge >= 0.3 is 0 Å². The quantitative estimate of drug-likeness (QED) is 0.301. The Morgan fingerprint density at radius 3 is 2.28 bits per heavy atom. The summed E-state index contributed by atoms with van der Waals surface area (Å²) in [6, 6.07) is 11.5. The van der Waals surface area contributed by atoms with Crippen molar-refractivity contribution in [3.05, 3.63) is 53.6 Å². The molecular weight excluding hydrogens is 426 g/mol. The number of carbonyl (C=O) groups is 1. The van der Waals surface area contributed by atoms with E-state index in [2.05, 4.69) is 16.0 Å². The third kappa shape index (κ3) is 6.13. The van der Waals surface area contributed by atoms with Crippen LogP contribution >= 0.6 is 12.2 Å².